The molecule has 4 heteroatoms. The molecule has 0 amide bonds. The lowest BCUT2D eigenvalue weighted by molar-refractivity contribution is 0.396. The molecule has 0 saturated carbocycles. The number of methoxy groups -OCH3 is 1. The lowest BCUT2D eigenvalue weighted by Gasteiger charge is -2.05. The van der Waals surface area contributed by atoms with Crippen molar-refractivity contribution in [3.8, 4) is 5.88 Å². The van der Waals surface area contributed by atoms with Crippen LogP contribution in [0.1, 0.15) is 11.3 Å². The van der Waals surface area contributed by atoms with Crippen LogP contribution in [0.4, 0.5) is 0 Å². The summed E-state index contributed by atoms with van der Waals surface area (Å²) in [6.07, 6.45) is 0. The zero-order valence-corrected chi connectivity index (χ0v) is 7.81. The second-order valence-corrected chi connectivity index (χ2v) is 2.81. The molecule has 64 valence electrons. The Morgan fingerprint density at radius 3 is 2.75 bits per heavy atom. The molecule has 0 aromatic carbocycles. The molecule has 0 bridgehead atoms. The molecule has 0 radical (unpaired) electrons. The van der Waals surface area contributed by atoms with Crippen molar-refractivity contribution in [1.29, 1.82) is 0 Å². The van der Waals surface area contributed by atoms with Crippen molar-refractivity contribution in [2.45, 2.75) is 6.92 Å². The van der Waals surface area contributed by atoms with E-state index in [0.717, 1.165) is 5.69 Å². The summed E-state index contributed by atoms with van der Waals surface area (Å²) in [6.45, 7) is 1.88. The average Bonchev–Trinajstić information content (AvgIpc) is 2.03. The molecule has 3 nitrogen and oxygen atoms in total. The molecule has 1 aromatic heterocycles. The zero-order valence-electron chi connectivity index (χ0n) is 7.00. The van der Waals surface area contributed by atoms with E-state index in [2.05, 4.69) is 4.98 Å². The molecular weight excluding hydrogens is 172 g/mol. The number of hydrogen-bond acceptors (Lipinski definition) is 3. The van der Waals surface area contributed by atoms with E-state index < -0.39 is 0 Å². The van der Waals surface area contributed by atoms with Crippen LogP contribution in [-0.2, 0) is 0 Å². The largest absolute Gasteiger partial charge is 0.480 e. The summed E-state index contributed by atoms with van der Waals surface area (Å²) < 4.78 is 5.01. The smallest absolute Gasteiger partial charge is 0.223 e. The van der Waals surface area contributed by atoms with Gasteiger partial charge < -0.3 is 10.5 Å². The molecule has 0 saturated heterocycles. The predicted molar refractivity (Wildman–Crippen MR) is 51.4 cm³/mol. The van der Waals surface area contributed by atoms with Crippen LogP contribution in [0, 0.1) is 6.92 Å². The number of pyridine rings is 1. The van der Waals surface area contributed by atoms with Gasteiger partial charge in [-0.1, -0.05) is 12.2 Å². The Kier molecular flexibility index (Phi) is 2.60. The zero-order chi connectivity index (χ0) is 9.14. The third-order valence-corrected chi connectivity index (χ3v) is 1.68. The van der Waals surface area contributed by atoms with Crippen molar-refractivity contribution in [1.82, 2.24) is 4.98 Å². The molecule has 12 heavy (non-hydrogen) atoms. The number of aryl methyl sites for hydroxylation is 1. The summed E-state index contributed by atoms with van der Waals surface area (Å²) in [5.41, 5.74) is 7.01. The van der Waals surface area contributed by atoms with Gasteiger partial charge in [0, 0.05) is 5.69 Å². The number of hydrogen-bond donors (Lipinski definition) is 1. The molecule has 1 aromatic rings. The Morgan fingerprint density at radius 1 is 1.58 bits per heavy atom. The van der Waals surface area contributed by atoms with E-state index in [-0.39, 0.29) is 0 Å². The quantitative estimate of drug-likeness (QED) is 0.694. The highest BCUT2D eigenvalue weighted by atomic mass is 32.1. The molecular formula is C8H10N2OS. The van der Waals surface area contributed by atoms with Gasteiger partial charge >= 0.3 is 0 Å². The fourth-order valence-corrected chi connectivity index (χ4v) is 1.03. The first-order valence-corrected chi connectivity index (χ1v) is 3.87. The first-order valence-electron chi connectivity index (χ1n) is 3.46. The van der Waals surface area contributed by atoms with Crippen LogP contribution in [0.2, 0.25) is 0 Å². The van der Waals surface area contributed by atoms with Crippen molar-refractivity contribution in [2.24, 2.45) is 5.73 Å². The Balaban J connectivity index is 3.20. The highest BCUT2D eigenvalue weighted by Gasteiger charge is 2.06. The summed E-state index contributed by atoms with van der Waals surface area (Å²) in [7, 11) is 1.55. The van der Waals surface area contributed by atoms with Gasteiger partial charge in [0.05, 0.1) is 12.7 Å². The van der Waals surface area contributed by atoms with Crippen molar-refractivity contribution in [2.75, 3.05) is 7.11 Å². The molecule has 1 rings (SSSR count). The minimum Gasteiger partial charge on any atom is -0.480 e. The molecule has 0 aliphatic heterocycles. The van der Waals surface area contributed by atoms with Gasteiger partial charge in [0.2, 0.25) is 5.88 Å². The van der Waals surface area contributed by atoms with Crippen LogP contribution in [-0.4, -0.2) is 17.1 Å². The molecule has 0 aliphatic carbocycles. The molecule has 0 aliphatic rings. The van der Waals surface area contributed by atoms with Crippen LogP contribution in [0.15, 0.2) is 12.1 Å². The highest BCUT2D eigenvalue weighted by Crippen LogP contribution is 2.14. The van der Waals surface area contributed by atoms with Gasteiger partial charge in [-0.3, -0.25) is 0 Å². The van der Waals surface area contributed by atoms with Gasteiger partial charge in [-0.15, -0.1) is 0 Å². The third-order valence-electron chi connectivity index (χ3n) is 1.46. The van der Waals surface area contributed by atoms with Gasteiger partial charge in [-0.05, 0) is 19.1 Å². The Bertz CT molecular complexity index is 312. The highest BCUT2D eigenvalue weighted by molar-refractivity contribution is 7.80. The number of rotatable bonds is 2. The summed E-state index contributed by atoms with van der Waals surface area (Å²) in [5, 5.41) is 0. The van der Waals surface area contributed by atoms with Crippen LogP contribution in [0.5, 0.6) is 5.88 Å². The average molecular weight is 182 g/mol. The minimum atomic E-state index is 0.305. The SMILES string of the molecule is COc1nc(C)ccc1C(N)=S. The maximum absolute atomic E-state index is 5.45. The lowest BCUT2D eigenvalue weighted by Crippen LogP contribution is -2.12. The van der Waals surface area contributed by atoms with E-state index in [9.17, 15) is 0 Å². The van der Waals surface area contributed by atoms with Gasteiger partial charge in [-0.25, -0.2) is 4.98 Å². The summed E-state index contributed by atoms with van der Waals surface area (Å²) in [6, 6.07) is 3.65. The predicted octanol–water partition coefficient (Wildman–Crippen LogP) is 1.03. The monoisotopic (exact) mass is 182 g/mol. The van der Waals surface area contributed by atoms with E-state index in [1.165, 1.54) is 0 Å². The van der Waals surface area contributed by atoms with Gasteiger partial charge in [0.1, 0.15) is 4.99 Å². The summed E-state index contributed by atoms with van der Waals surface area (Å²) in [5.74, 6) is 0.488. The van der Waals surface area contributed by atoms with E-state index >= 15 is 0 Å². The van der Waals surface area contributed by atoms with Crippen molar-refractivity contribution in [3.05, 3.63) is 23.4 Å². The van der Waals surface area contributed by atoms with Gasteiger partial charge in [0.25, 0.3) is 0 Å². The second kappa shape index (κ2) is 3.49. The lowest BCUT2D eigenvalue weighted by atomic mass is 10.2. The maximum Gasteiger partial charge on any atom is 0.223 e. The molecule has 0 fully saturated rings. The maximum atomic E-state index is 5.45. The Labute approximate surface area is 76.6 Å². The van der Waals surface area contributed by atoms with Crippen molar-refractivity contribution in [3.63, 3.8) is 0 Å². The van der Waals surface area contributed by atoms with Crippen LogP contribution in [0.3, 0.4) is 0 Å². The van der Waals surface area contributed by atoms with Gasteiger partial charge in [-0.2, -0.15) is 0 Å². The summed E-state index contributed by atoms with van der Waals surface area (Å²) >= 11 is 4.82. The van der Waals surface area contributed by atoms with E-state index in [0.29, 0.717) is 16.4 Å². The Hall–Kier alpha value is -1.16. The van der Waals surface area contributed by atoms with E-state index in [1.54, 1.807) is 7.11 Å². The number of nitrogens with two attached hydrogens (primary N) is 1. The van der Waals surface area contributed by atoms with Crippen molar-refractivity contribution >= 4 is 17.2 Å². The number of ether oxygens (including phenoxy) is 1. The normalized spacial score (nSPS) is 9.50. The number of thiocarbonyl (C=S) groups is 1. The molecule has 0 atom stereocenters. The number of aromatic nitrogens is 1. The third kappa shape index (κ3) is 1.71. The first kappa shape index (κ1) is 8.93. The molecule has 1 heterocycles. The fourth-order valence-electron chi connectivity index (χ4n) is 0.876. The topological polar surface area (TPSA) is 48.1 Å². The fraction of sp³-hybridized carbons (Fsp3) is 0.250. The van der Waals surface area contributed by atoms with Crippen LogP contribution < -0.4 is 10.5 Å². The van der Waals surface area contributed by atoms with E-state index in [4.69, 9.17) is 22.7 Å². The molecule has 0 unspecified atom stereocenters. The number of nitrogens with zero attached hydrogens (tertiary/aromatic N) is 1. The summed E-state index contributed by atoms with van der Waals surface area (Å²) in [4.78, 5) is 4.43. The molecule has 2 N–H and O–H groups in total. The van der Waals surface area contributed by atoms with Crippen molar-refractivity contribution < 1.29 is 4.74 Å². The van der Waals surface area contributed by atoms with E-state index in [1.807, 2.05) is 19.1 Å². The molecule has 0 spiro atoms. The van der Waals surface area contributed by atoms with Crippen LogP contribution >= 0.6 is 12.2 Å². The van der Waals surface area contributed by atoms with Gasteiger partial charge in [0.15, 0.2) is 0 Å². The first-order chi connectivity index (χ1) is 5.65. The standard InChI is InChI=1S/C8H10N2OS/c1-5-3-4-6(7(9)12)8(10-5)11-2/h3-4H,1-2H3,(H2,9,12). The Morgan fingerprint density at radius 2 is 2.25 bits per heavy atom. The second-order valence-electron chi connectivity index (χ2n) is 2.37. The minimum absolute atomic E-state index is 0.305. The van der Waals surface area contributed by atoms with Crippen LogP contribution in [0.25, 0.3) is 0 Å².